The Morgan fingerprint density at radius 1 is 0.878 bits per heavy atom. The fraction of sp³-hybridized carbons (Fsp3) is 0.258. The number of hydrogen-bond donors (Lipinski definition) is 3. The van der Waals surface area contributed by atoms with Crippen LogP contribution in [-0.4, -0.2) is 60.2 Å². The first-order chi connectivity index (χ1) is 20.1. The van der Waals surface area contributed by atoms with E-state index in [2.05, 4.69) is 52.5 Å². The molecule has 1 fully saturated rings. The Morgan fingerprint density at radius 2 is 1.71 bits per heavy atom. The number of rotatable bonds is 7. The largest absolute Gasteiger partial charge is 0.335 e. The average Bonchev–Trinajstić information content (AvgIpc) is 3.61. The second-order valence-electron chi connectivity index (χ2n) is 10.7. The van der Waals surface area contributed by atoms with Crippen molar-refractivity contribution in [2.24, 2.45) is 0 Å². The van der Waals surface area contributed by atoms with Gasteiger partial charge in [0.2, 0.25) is 0 Å². The van der Waals surface area contributed by atoms with Crippen molar-refractivity contribution in [2.45, 2.75) is 32.4 Å². The third kappa shape index (κ3) is 5.07. The lowest BCUT2D eigenvalue weighted by Crippen LogP contribution is -2.29. The Kier molecular flexibility index (Phi) is 6.69. The van der Waals surface area contributed by atoms with Gasteiger partial charge in [0.05, 0.1) is 22.6 Å². The number of H-pyrrole nitrogens is 2. The van der Waals surface area contributed by atoms with Crippen LogP contribution in [0.25, 0.3) is 55.8 Å². The highest BCUT2D eigenvalue weighted by atomic mass is 19.1. The predicted octanol–water partition coefficient (Wildman–Crippen LogP) is 5.47. The molecule has 3 N–H and O–H groups in total. The SMILES string of the molecule is CNCc1cc(F)cc(-c2cncc3[nH]c(-c4[nH]nc5ncc(-c6cncc(CN7CCCCC7)c6)cc45)nc23)c1. The highest BCUT2D eigenvalue weighted by Gasteiger charge is 2.18. The minimum absolute atomic E-state index is 0.298. The number of imidazole rings is 1. The second kappa shape index (κ2) is 10.8. The Hall–Kier alpha value is -4.54. The van der Waals surface area contributed by atoms with Gasteiger partial charge in [-0.25, -0.2) is 14.4 Å². The summed E-state index contributed by atoms with van der Waals surface area (Å²) in [7, 11) is 1.84. The molecule has 7 rings (SSSR count). The van der Waals surface area contributed by atoms with E-state index in [0.29, 0.717) is 23.5 Å². The monoisotopic (exact) mass is 547 g/mol. The minimum atomic E-state index is -0.298. The summed E-state index contributed by atoms with van der Waals surface area (Å²) in [4.78, 5) is 24.3. The Morgan fingerprint density at radius 3 is 2.59 bits per heavy atom. The van der Waals surface area contributed by atoms with Gasteiger partial charge in [-0.15, -0.1) is 0 Å². The third-order valence-electron chi connectivity index (χ3n) is 7.67. The Labute approximate surface area is 236 Å². The molecular weight excluding hydrogens is 517 g/mol. The van der Waals surface area contributed by atoms with Crippen LogP contribution < -0.4 is 5.32 Å². The van der Waals surface area contributed by atoms with Crippen molar-refractivity contribution >= 4 is 22.1 Å². The topological polar surface area (TPSA) is 111 Å². The highest BCUT2D eigenvalue weighted by Crippen LogP contribution is 2.33. The summed E-state index contributed by atoms with van der Waals surface area (Å²) in [5.41, 5.74) is 8.28. The molecule has 41 heavy (non-hydrogen) atoms. The number of hydrogen-bond acceptors (Lipinski definition) is 7. The van der Waals surface area contributed by atoms with Crippen LogP contribution in [0.3, 0.4) is 0 Å². The zero-order valence-corrected chi connectivity index (χ0v) is 22.8. The molecule has 1 aliphatic rings. The number of likely N-dealkylation sites (tertiary alicyclic amines) is 1. The molecule has 206 valence electrons. The molecule has 0 unspecified atom stereocenters. The summed E-state index contributed by atoms with van der Waals surface area (Å²) >= 11 is 0. The molecule has 5 aromatic heterocycles. The molecule has 0 spiro atoms. The predicted molar refractivity (Wildman–Crippen MR) is 157 cm³/mol. The normalized spacial score (nSPS) is 14.3. The molecule has 10 heteroatoms. The van der Waals surface area contributed by atoms with E-state index in [1.165, 1.54) is 37.0 Å². The first kappa shape index (κ1) is 25.4. The van der Waals surface area contributed by atoms with E-state index in [4.69, 9.17) is 4.98 Å². The first-order valence-corrected chi connectivity index (χ1v) is 13.9. The van der Waals surface area contributed by atoms with E-state index in [1.54, 1.807) is 12.4 Å². The highest BCUT2D eigenvalue weighted by molar-refractivity contribution is 5.96. The van der Waals surface area contributed by atoms with Gasteiger partial charge >= 0.3 is 0 Å². The third-order valence-corrected chi connectivity index (χ3v) is 7.67. The van der Waals surface area contributed by atoms with Gasteiger partial charge in [-0.1, -0.05) is 6.42 Å². The van der Waals surface area contributed by atoms with Crippen LogP contribution in [0.4, 0.5) is 4.39 Å². The lowest BCUT2D eigenvalue weighted by Gasteiger charge is -2.26. The summed E-state index contributed by atoms with van der Waals surface area (Å²) < 4.78 is 14.5. The molecule has 0 radical (unpaired) electrons. The molecule has 0 bridgehead atoms. The molecule has 0 saturated carbocycles. The maximum Gasteiger partial charge on any atom is 0.181 e. The van der Waals surface area contributed by atoms with Gasteiger partial charge in [0.1, 0.15) is 11.5 Å². The van der Waals surface area contributed by atoms with Crippen molar-refractivity contribution in [1.82, 2.24) is 45.3 Å². The number of fused-ring (bicyclic) bond motifs is 2. The standard InChI is InChI=1S/C31H30FN9/c1-33-12-19-7-21(10-24(32)9-19)26-16-35-17-27-28(26)38-31(37-27)29-25-11-23(15-36-30(25)40-39-29)22-8-20(13-34-14-22)18-41-5-3-2-4-6-41/h7-11,13-17,33H,2-6,12,18H2,1H3,(H,37,38)(H,36,39,40). The van der Waals surface area contributed by atoms with Crippen LogP contribution in [0.5, 0.6) is 0 Å². The maximum absolute atomic E-state index is 14.5. The number of pyridine rings is 3. The van der Waals surface area contributed by atoms with Crippen LogP contribution in [0.1, 0.15) is 30.4 Å². The summed E-state index contributed by atoms with van der Waals surface area (Å²) in [5, 5.41) is 11.5. The second-order valence-corrected chi connectivity index (χ2v) is 10.7. The van der Waals surface area contributed by atoms with Crippen LogP contribution in [0.15, 0.2) is 61.3 Å². The van der Waals surface area contributed by atoms with E-state index >= 15 is 0 Å². The first-order valence-electron chi connectivity index (χ1n) is 13.9. The number of nitrogens with one attached hydrogen (secondary N) is 3. The van der Waals surface area contributed by atoms with E-state index in [-0.39, 0.29) is 5.82 Å². The van der Waals surface area contributed by atoms with E-state index in [0.717, 1.165) is 64.0 Å². The number of aromatic amines is 2. The van der Waals surface area contributed by atoms with Gasteiger partial charge in [-0.05, 0) is 80.0 Å². The van der Waals surface area contributed by atoms with Crippen molar-refractivity contribution < 1.29 is 4.39 Å². The van der Waals surface area contributed by atoms with Gasteiger partial charge in [-0.2, -0.15) is 5.10 Å². The van der Waals surface area contributed by atoms with Crippen LogP contribution in [0, 0.1) is 5.82 Å². The van der Waals surface area contributed by atoms with Crippen molar-refractivity contribution in [3.63, 3.8) is 0 Å². The van der Waals surface area contributed by atoms with Gasteiger partial charge in [0.15, 0.2) is 11.5 Å². The average molecular weight is 548 g/mol. The van der Waals surface area contributed by atoms with Gasteiger partial charge in [0.25, 0.3) is 0 Å². The molecule has 1 aromatic carbocycles. The molecule has 1 saturated heterocycles. The molecule has 0 aliphatic carbocycles. The molecule has 0 amide bonds. The molecular formula is C31H30FN9. The van der Waals surface area contributed by atoms with E-state index < -0.39 is 0 Å². The number of piperidine rings is 1. The number of benzene rings is 1. The zero-order valence-electron chi connectivity index (χ0n) is 22.8. The molecule has 6 heterocycles. The summed E-state index contributed by atoms with van der Waals surface area (Å²) in [6.45, 7) is 3.75. The Bertz CT molecular complexity index is 1850. The Balaban J connectivity index is 1.25. The van der Waals surface area contributed by atoms with Crippen molar-refractivity contribution in [1.29, 1.82) is 0 Å². The smallest absolute Gasteiger partial charge is 0.181 e. The summed E-state index contributed by atoms with van der Waals surface area (Å²) in [6, 6.07) is 9.28. The molecule has 6 aromatic rings. The fourth-order valence-electron chi connectivity index (χ4n) is 5.72. The van der Waals surface area contributed by atoms with E-state index in [9.17, 15) is 4.39 Å². The van der Waals surface area contributed by atoms with Crippen molar-refractivity contribution in [2.75, 3.05) is 20.1 Å². The molecule has 9 nitrogen and oxygen atoms in total. The number of halogens is 1. The van der Waals surface area contributed by atoms with Crippen LogP contribution in [0.2, 0.25) is 0 Å². The summed E-state index contributed by atoms with van der Waals surface area (Å²) in [5.74, 6) is 0.313. The van der Waals surface area contributed by atoms with Crippen LogP contribution in [-0.2, 0) is 13.1 Å². The van der Waals surface area contributed by atoms with E-state index in [1.807, 2.05) is 31.7 Å². The summed E-state index contributed by atoms with van der Waals surface area (Å²) in [6.07, 6.45) is 13.0. The van der Waals surface area contributed by atoms with Gasteiger partial charge in [0, 0.05) is 54.6 Å². The minimum Gasteiger partial charge on any atom is -0.335 e. The number of nitrogens with zero attached hydrogens (tertiary/aromatic N) is 6. The number of aromatic nitrogens is 7. The zero-order chi connectivity index (χ0) is 27.8. The van der Waals surface area contributed by atoms with Gasteiger partial charge in [-0.3, -0.25) is 20.0 Å². The lowest BCUT2D eigenvalue weighted by molar-refractivity contribution is 0.220. The lowest BCUT2D eigenvalue weighted by atomic mass is 10.0. The fourth-order valence-corrected chi connectivity index (χ4v) is 5.72. The molecule has 0 atom stereocenters. The quantitative estimate of drug-likeness (QED) is 0.243. The van der Waals surface area contributed by atoms with Gasteiger partial charge < -0.3 is 10.3 Å². The van der Waals surface area contributed by atoms with Crippen molar-refractivity contribution in [3.8, 4) is 33.8 Å². The van der Waals surface area contributed by atoms with Crippen molar-refractivity contribution in [3.05, 3.63) is 78.3 Å². The van der Waals surface area contributed by atoms with Crippen LogP contribution >= 0.6 is 0 Å². The maximum atomic E-state index is 14.5. The molecule has 1 aliphatic heterocycles.